The van der Waals surface area contributed by atoms with Gasteiger partial charge in [0.05, 0.1) is 0 Å². The standard InChI is InChI=1S/C19H24O13/c1-9(20)26-7-13-15(28-10(2)21)16(29-11(3)22)17(30-12(4)23)18(31-13)27-8-19(25)6-5-14(24)32-19/h5-6,13,15-18,25H,7-8H2,1-4H3/t13-,15-,16+,17-,18+,19?/m1/s1. The van der Waals surface area contributed by atoms with Crippen LogP contribution in [-0.2, 0) is 57.1 Å². The smallest absolute Gasteiger partial charge is 0.333 e. The van der Waals surface area contributed by atoms with Crippen LogP contribution in [0.1, 0.15) is 27.7 Å². The van der Waals surface area contributed by atoms with Gasteiger partial charge in [0.2, 0.25) is 0 Å². The van der Waals surface area contributed by atoms with Crippen molar-refractivity contribution in [2.45, 2.75) is 64.2 Å². The number of esters is 5. The van der Waals surface area contributed by atoms with E-state index in [-0.39, 0.29) is 0 Å². The summed E-state index contributed by atoms with van der Waals surface area (Å²) in [4.78, 5) is 57.6. The van der Waals surface area contributed by atoms with Crippen LogP contribution in [0, 0.1) is 0 Å². The predicted octanol–water partition coefficient (Wildman–Crippen LogP) is -1.11. The zero-order valence-corrected chi connectivity index (χ0v) is 17.8. The Bertz CT molecular complexity index is 790. The summed E-state index contributed by atoms with van der Waals surface area (Å²) in [5, 5.41) is 10.2. The highest BCUT2D eigenvalue weighted by Gasteiger charge is 2.53. The maximum Gasteiger partial charge on any atom is 0.333 e. The second-order valence-corrected chi connectivity index (χ2v) is 6.98. The Balaban J connectivity index is 2.34. The SMILES string of the molecule is CC(=O)OC[C@H]1O[C@H](OCC2(O)C=CC(=O)O2)[C@H](OC(C)=O)[C@@H](OC(C)=O)[C@@H]1OC(C)=O. The van der Waals surface area contributed by atoms with Crippen LogP contribution in [-0.4, -0.2) is 84.7 Å². The number of hydrogen-bond donors (Lipinski definition) is 1. The summed E-state index contributed by atoms with van der Waals surface area (Å²) in [6.07, 6.45) is -4.91. The Kier molecular flexibility index (Phi) is 8.30. The fourth-order valence-electron chi connectivity index (χ4n) is 3.04. The molecule has 1 unspecified atom stereocenters. The molecule has 0 radical (unpaired) electrons. The molecule has 2 heterocycles. The van der Waals surface area contributed by atoms with E-state index >= 15 is 0 Å². The van der Waals surface area contributed by atoms with Gasteiger partial charge in [-0.1, -0.05) is 0 Å². The molecular weight excluding hydrogens is 436 g/mol. The predicted molar refractivity (Wildman–Crippen MR) is 98.1 cm³/mol. The van der Waals surface area contributed by atoms with Gasteiger partial charge in [0.15, 0.2) is 24.6 Å². The van der Waals surface area contributed by atoms with Gasteiger partial charge in [-0.15, -0.1) is 0 Å². The van der Waals surface area contributed by atoms with Crippen molar-refractivity contribution in [2.75, 3.05) is 13.2 Å². The first-order valence-corrected chi connectivity index (χ1v) is 9.47. The lowest BCUT2D eigenvalue weighted by Crippen LogP contribution is -2.63. The molecule has 1 saturated heterocycles. The normalized spacial score (nSPS) is 31.4. The summed E-state index contributed by atoms with van der Waals surface area (Å²) in [5.74, 6) is -5.98. The van der Waals surface area contributed by atoms with Gasteiger partial charge in [-0.3, -0.25) is 19.2 Å². The van der Waals surface area contributed by atoms with E-state index in [0.717, 1.165) is 39.8 Å². The number of carbonyl (C=O) groups is 5. The molecule has 1 fully saturated rings. The van der Waals surface area contributed by atoms with Crippen molar-refractivity contribution >= 4 is 29.8 Å². The van der Waals surface area contributed by atoms with E-state index in [2.05, 4.69) is 0 Å². The maximum absolute atomic E-state index is 11.7. The Labute approximate surface area is 182 Å². The summed E-state index contributed by atoms with van der Waals surface area (Å²) in [5.41, 5.74) is 0. The lowest BCUT2D eigenvalue weighted by atomic mass is 9.98. The molecule has 178 valence electrons. The highest BCUT2D eigenvalue weighted by atomic mass is 16.8. The number of hydrogen-bond acceptors (Lipinski definition) is 13. The monoisotopic (exact) mass is 460 g/mol. The van der Waals surface area contributed by atoms with Gasteiger partial charge >= 0.3 is 29.8 Å². The van der Waals surface area contributed by atoms with E-state index in [1.807, 2.05) is 0 Å². The average molecular weight is 460 g/mol. The van der Waals surface area contributed by atoms with Gasteiger partial charge in [0.1, 0.15) is 19.3 Å². The van der Waals surface area contributed by atoms with Crippen LogP contribution in [0.25, 0.3) is 0 Å². The van der Waals surface area contributed by atoms with Crippen molar-refractivity contribution in [1.29, 1.82) is 0 Å². The van der Waals surface area contributed by atoms with Crippen LogP contribution >= 0.6 is 0 Å². The number of aliphatic hydroxyl groups is 1. The number of ether oxygens (including phenoxy) is 7. The third kappa shape index (κ3) is 7.00. The van der Waals surface area contributed by atoms with E-state index in [9.17, 15) is 29.1 Å². The Morgan fingerprint density at radius 3 is 2.00 bits per heavy atom. The lowest BCUT2D eigenvalue weighted by Gasteiger charge is -2.44. The molecule has 2 aliphatic rings. The van der Waals surface area contributed by atoms with Crippen molar-refractivity contribution in [2.24, 2.45) is 0 Å². The van der Waals surface area contributed by atoms with Crippen LogP contribution in [0.4, 0.5) is 0 Å². The molecular formula is C19H24O13. The van der Waals surface area contributed by atoms with Gasteiger partial charge in [0.25, 0.3) is 5.79 Å². The first-order valence-electron chi connectivity index (χ1n) is 9.47. The number of carbonyl (C=O) groups excluding carboxylic acids is 5. The second-order valence-electron chi connectivity index (χ2n) is 6.98. The Hall–Kier alpha value is -3.03. The molecule has 0 saturated carbocycles. The molecule has 0 amide bonds. The summed E-state index contributed by atoms with van der Waals surface area (Å²) in [6.45, 7) is 3.29. The second kappa shape index (κ2) is 10.5. The van der Waals surface area contributed by atoms with Crippen molar-refractivity contribution in [3.8, 4) is 0 Å². The molecule has 0 aromatic rings. The number of rotatable bonds is 8. The summed E-state index contributed by atoms with van der Waals surface area (Å²) < 4.78 is 36.5. The topological polar surface area (TPSA) is 170 Å². The highest BCUT2D eigenvalue weighted by Crippen LogP contribution is 2.31. The minimum absolute atomic E-state index is 0.434. The molecule has 0 bridgehead atoms. The largest absolute Gasteiger partial charge is 0.463 e. The zero-order chi connectivity index (χ0) is 24.1. The summed E-state index contributed by atoms with van der Waals surface area (Å²) in [6, 6.07) is 0. The van der Waals surface area contributed by atoms with Crippen molar-refractivity contribution in [3.63, 3.8) is 0 Å². The minimum Gasteiger partial charge on any atom is -0.463 e. The molecule has 0 aliphatic carbocycles. The molecule has 13 heteroatoms. The molecule has 6 atom stereocenters. The first kappa shape index (κ1) is 25.2. The molecule has 32 heavy (non-hydrogen) atoms. The highest BCUT2D eigenvalue weighted by molar-refractivity contribution is 5.84. The van der Waals surface area contributed by atoms with E-state index in [4.69, 9.17) is 33.2 Å². The fourth-order valence-corrected chi connectivity index (χ4v) is 3.04. The minimum atomic E-state index is -2.11. The first-order chi connectivity index (χ1) is 14.9. The fraction of sp³-hybridized carbons (Fsp3) is 0.632. The summed E-state index contributed by atoms with van der Waals surface area (Å²) >= 11 is 0. The molecule has 2 rings (SSSR count). The Morgan fingerprint density at radius 1 is 0.938 bits per heavy atom. The molecule has 2 aliphatic heterocycles. The lowest BCUT2D eigenvalue weighted by molar-refractivity contribution is -0.321. The van der Waals surface area contributed by atoms with Crippen LogP contribution < -0.4 is 0 Å². The maximum atomic E-state index is 11.7. The van der Waals surface area contributed by atoms with Gasteiger partial charge in [0, 0.05) is 33.8 Å². The van der Waals surface area contributed by atoms with Gasteiger partial charge in [-0.25, -0.2) is 4.79 Å². The van der Waals surface area contributed by atoms with Crippen molar-refractivity contribution < 1.29 is 62.2 Å². The van der Waals surface area contributed by atoms with E-state index in [0.29, 0.717) is 0 Å². The number of cyclic esters (lactones) is 1. The average Bonchev–Trinajstić information content (AvgIpc) is 3.00. The van der Waals surface area contributed by atoms with Crippen LogP contribution in [0.2, 0.25) is 0 Å². The molecule has 13 nitrogen and oxygen atoms in total. The third-order valence-electron chi connectivity index (χ3n) is 4.16. The molecule has 0 spiro atoms. The van der Waals surface area contributed by atoms with E-state index in [1.54, 1.807) is 0 Å². The third-order valence-corrected chi connectivity index (χ3v) is 4.16. The zero-order valence-electron chi connectivity index (χ0n) is 17.8. The quantitative estimate of drug-likeness (QED) is 0.342. The van der Waals surface area contributed by atoms with Crippen molar-refractivity contribution in [1.82, 2.24) is 0 Å². The molecule has 1 N–H and O–H groups in total. The van der Waals surface area contributed by atoms with E-state index < -0.39 is 79.6 Å². The van der Waals surface area contributed by atoms with E-state index in [1.165, 1.54) is 0 Å². The van der Waals surface area contributed by atoms with Gasteiger partial charge in [-0.05, 0) is 6.08 Å². The van der Waals surface area contributed by atoms with Crippen LogP contribution in [0.5, 0.6) is 0 Å². The molecule has 0 aromatic heterocycles. The summed E-state index contributed by atoms with van der Waals surface area (Å²) in [7, 11) is 0. The van der Waals surface area contributed by atoms with Gasteiger partial charge in [-0.2, -0.15) is 0 Å². The molecule has 0 aromatic carbocycles. The van der Waals surface area contributed by atoms with Gasteiger partial charge < -0.3 is 38.3 Å². The van der Waals surface area contributed by atoms with Crippen molar-refractivity contribution in [3.05, 3.63) is 12.2 Å². The van der Waals surface area contributed by atoms with Crippen LogP contribution in [0.15, 0.2) is 12.2 Å². The Morgan fingerprint density at radius 2 is 1.50 bits per heavy atom. The van der Waals surface area contributed by atoms with Crippen LogP contribution in [0.3, 0.4) is 0 Å².